The Morgan fingerprint density at radius 2 is 1.82 bits per heavy atom. The first kappa shape index (κ1) is 18.6. The molecule has 6 nitrogen and oxygen atoms in total. The maximum Gasteiger partial charge on any atom is 0.347 e. The van der Waals surface area contributed by atoms with Crippen LogP contribution in [0.1, 0.15) is 20.2 Å². The third-order valence-corrected chi connectivity index (χ3v) is 7.50. The number of thiazole rings is 1. The van der Waals surface area contributed by atoms with Crippen LogP contribution in [0.25, 0.3) is 10.2 Å². The van der Waals surface area contributed by atoms with Crippen LogP contribution < -0.4 is 4.72 Å². The molecule has 2 aromatic heterocycles. The number of aromatic carboxylic acids is 1. The van der Waals surface area contributed by atoms with Crippen molar-refractivity contribution in [3.63, 3.8) is 0 Å². The number of nitrogens with zero attached hydrogens (tertiary/aromatic N) is 1. The highest BCUT2D eigenvalue weighted by molar-refractivity contribution is 7.93. The first-order valence-corrected chi connectivity index (χ1v) is 11.4. The minimum absolute atomic E-state index is 0.208. The van der Waals surface area contributed by atoms with E-state index in [0.29, 0.717) is 12.1 Å². The van der Waals surface area contributed by atoms with Gasteiger partial charge in [-0.25, -0.2) is 18.2 Å². The van der Waals surface area contributed by atoms with Crippen LogP contribution >= 0.6 is 22.7 Å². The lowest BCUT2D eigenvalue weighted by Gasteiger charge is -2.08. The Labute approximate surface area is 169 Å². The standard InChI is InChI=1S/C19H14N2O4S3/c22-19(23)18-16(9-10-26-18)28(24,25)21-13-7-5-12(6-8-13)11-17-20-14-3-1-2-4-15(14)27-17/h1-10,21H,11H2,(H,22,23). The molecule has 0 bridgehead atoms. The molecule has 2 aromatic carbocycles. The van der Waals surface area contributed by atoms with Gasteiger partial charge in [0.05, 0.1) is 15.2 Å². The Morgan fingerprint density at radius 3 is 2.54 bits per heavy atom. The minimum Gasteiger partial charge on any atom is -0.477 e. The Balaban J connectivity index is 1.51. The zero-order valence-corrected chi connectivity index (χ0v) is 16.8. The molecule has 0 spiro atoms. The molecule has 2 N–H and O–H groups in total. The third-order valence-electron chi connectivity index (χ3n) is 4.01. The van der Waals surface area contributed by atoms with E-state index >= 15 is 0 Å². The molecule has 0 saturated heterocycles. The largest absolute Gasteiger partial charge is 0.477 e. The molecule has 0 aliphatic heterocycles. The average molecular weight is 431 g/mol. The number of sulfonamides is 1. The molecule has 4 rings (SSSR count). The predicted octanol–water partition coefficient (Wildman–Crippen LogP) is 4.45. The van der Waals surface area contributed by atoms with Gasteiger partial charge in [0.25, 0.3) is 10.0 Å². The lowest BCUT2D eigenvalue weighted by Crippen LogP contribution is -2.15. The topological polar surface area (TPSA) is 96.4 Å². The fourth-order valence-corrected chi connectivity index (χ4v) is 6.06. The van der Waals surface area contributed by atoms with E-state index in [-0.39, 0.29) is 9.77 Å². The SMILES string of the molecule is O=C(O)c1sccc1S(=O)(=O)Nc1ccc(Cc2nc3ccccc3s2)cc1. The quantitative estimate of drug-likeness (QED) is 0.471. The van der Waals surface area contributed by atoms with Crippen molar-refractivity contribution in [1.82, 2.24) is 4.98 Å². The molecule has 0 aliphatic rings. The molecule has 4 aromatic rings. The Hall–Kier alpha value is -2.75. The zero-order valence-electron chi connectivity index (χ0n) is 14.3. The molecule has 0 unspecified atom stereocenters. The van der Waals surface area contributed by atoms with Gasteiger partial charge in [-0.3, -0.25) is 4.72 Å². The molecule has 0 fully saturated rings. The van der Waals surface area contributed by atoms with Crippen LogP contribution in [0.15, 0.2) is 64.9 Å². The summed E-state index contributed by atoms with van der Waals surface area (Å²) in [6, 6.07) is 16.2. The van der Waals surface area contributed by atoms with Crippen molar-refractivity contribution >= 4 is 54.6 Å². The van der Waals surface area contributed by atoms with Crippen molar-refractivity contribution in [3.8, 4) is 0 Å². The van der Waals surface area contributed by atoms with Crippen molar-refractivity contribution in [3.05, 3.63) is 75.4 Å². The fourth-order valence-electron chi connectivity index (χ4n) is 2.74. The number of fused-ring (bicyclic) bond motifs is 1. The second-order valence-electron chi connectivity index (χ2n) is 5.97. The third kappa shape index (κ3) is 3.77. The van der Waals surface area contributed by atoms with E-state index in [1.165, 1.54) is 11.4 Å². The highest BCUT2D eigenvalue weighted by Gasteiger charge is 2.23. The number of aromatic nitrogens is 1. The van der Waals surface area contributed by atoms with Gasteiger partial charge in [0, 0.05) is 12.1 Å². The smallest absolute Gasteiger partial charge is 0.347 e. The second-order valence-corrected chi connectivity index (χ2v) is 9.66. The Bertz CT molecular complexity index is 1220. The Morgan fingerprint density at radius 1 is 1.07 bits per heavy atom. The van der Waals surface area contributed by atoms with Gasteiger partial charge in [-0.15, -0.1) is 22.7 Å². The predicted molar refractivity (Wildman–Crippen MR) is 111 cm³/mol. The molecule has 0 radical (unpaired) electrons. The monoisotopic (exact) mass is 430 g/mol. The zero-order chi connectivity index (χ0) is 19.7. The summed E-state index contributed by atoms with van der Waals surface area (Å²) in [4.78, 5) is 15.3. The normalized spacial score (nSPS) is 11.6. The van der Waals surface area contributed by atoms with E-state index in [0.717, 1.165) is 32.1 Å². The van der Waals surface area contributed by atoms with E-state index in [9.17, 15) is 13.2 Å². The van der Waals surface area contributed by atoms with E-state index in [1.807, 2.05) is 36.4 Å². The average Bonchev–Trinajstić information content (AvgIpc) is 3.30. The minimum atomic E-state index is -3.97. The number of thiophene rings is 1. The molecule has 0 saturated carbocycles. The number of hydrogen-bond acceptors (Lipinski definition) is 6. The number of carboxylic acids is 1. The summed E-state index contributed by atoms with van der Waals surface area (Å²) in [7, 11) is -3.97. The molecule has 0 atom stereocenters. The molecule has 2 heterocycles. The number of carboxylic acid groups (broad SMARTS) is 1. The van der Waals surface area contributed by atoms with Gasteiger partial charge >= 0.3 is 5.97 Å². The number of anilines is 1. The molecule has 0 aliphatic carbocycles. The van der Waals surface area contributed by atoms with Crippen LogP contribution in [0.4, 0.5) is 5.69 Å². The van der Waals surface area contributed by atoms with Crippen LogP contribution in [0, 0.1) is 0 Å². The van der Waals surface area contributed by atoms with E-state index in [2.05, 4.69) is 9.71 Å². The lowest BCUT2D eigenvalue weighted by molar-refractivity contribution is 0.0698. The van der Waals surface area contributed by atoms with Crippen LogP contribution in [-0.2, 0) is 16.4 Å². The lowest BCUT2D eigenvalue weighted by atomic mass is 10.1. The van der Waals surface area contributed by atoms with E-state index in [4.69, 9.17) is 5.11 Å². The molecular formula is C19H14N2O4S3. The van der Waals surface area contributed by atoms with Crippen molar-refractivity contribution < 1.29 is 18.3 Å². The highest BCUT2D eigenvalue weighted by Crippen LogP contribution is 2.26. The number of rotatable bonds is 6. The summed E-state index contributed by atoms with van der Waals surface area (Å²) >= 11 is 2.51. The maximum atomic E-state index is 12.5. The second kappa shape index (κ2) is 7.34. The van der Waals surface area contributed by atoms with Crippen molar-refractivity contribution in [2.45, 2.75) is 11.3 Å². The summed E-state index contributed by atoms with van der Waals surface area (Å²) in [5.41, 5.74) is 2.34. The van der Waals surface area contributed by atoms with Crippen LogP contribution in [0.2, 0.25) is 0 Å². The molecular weight excluding hydrogens is 416 g/mol. The number of carbonyl (C=O) groups is 1. The van der Waals surface area contributed by atoms with E-state index in [1.54, 1.807) is 23.5 Å². The number of nitrogens with one attached hydrogen (secondary N) is 1. The fraction of sp³-hybridized carbons (Fsp3) is 0.0526. The Kier molecular flexibility index (Phi) is 4.88. The van der Waals surface area contributed by atoms with E-state index < -0.39 is 16.0 Å². The van der Waals surface area contributed by atoms with Gasteiger partial charge in [0.1, 0.15) is 9.77 Å². The summed E-state index contributed by atoms with van der Waals surface area (Å²) in [5, 5.41) is 11.6. The summed E-state index contributed by atoms with van der Waals surface area (Å²) in [5.74, 6) is -1.26. The number of benzene rings is 2. The summed E-state index contributed by atoms with van der Waals surface area (Å²) < 4.78 is 28.5. The van der Waals surface area contributed by atoms with Gasteiger partial charge in [0.2, 0.25) is 0 Å². The summed E-state index contributed by atoms with van der Waals surface area (Å²) in [6.07, 6.45) is 0.653. The van der Waals surface area contributed by atoms with Crippen LogP contribution in [-0.4, -0.2) is 24.5 Å². The molecule has 28 heavy (non-hydrogen) atoms. The molecule has 9 heteroatoms. The van der Waals surface area contributed by atoms with Gasteiger partial charge in [-0.1, -0.05) is 24.3 Å². The highest BCUT2D eigenvalue weighted by atomic mass is 32.2. The summed E-state index contributed by atoms with van der Waals surface area (Å²) in [6.45, 7) is 0. The first-order chi connectivity index (χ1) is 13.4. The van der Waals surface area contributed by atoms with Gasteiger partial charge in [-0.2, -0.15) is 0 Å². The van der Waals surface area contributed by atoms with Crippen LogP contribution in [0.3, 0.4) is 0 Å². The van der Waals surface area contributed by atoms with Crippen molar-refractivity contribution in [1.29, 1.82) is 0 Å². The van der Waals surface area contributed by atoms with Gasteiger partial charge in [-0.05, 0) is 41.3 Å². The molecule has 0 amide bonds. The number of hydrogen-bond donors (Lipinski definition) is 2. The maximum absolute atomic E-state index is 12.5. The van der Waals surface area contributed by atoms with Crippen molar-refractivity contribution in [2.75, 3.05) is 4.72 Å². The van der Waals surface area contributed by atoms with Crippen LogP contribution in [0.5, 0.6) is 0 Å². The number of para-hydroxylation sites is 1. The van der Waals surface area contributed by atoms with Crippen molar-refractivity contribution in [2.24, 2.45) is 0 Å². The first-order valence-electron chi connectivity index (χ1n) is 8.19. The van der Waals surface area contributed by atoms with Gasteiger partial charge < -0.3 is 5.11 Å². The van der Waals surface area contributed by atoms with Gasteiger partial charge in [0.15, 0.2) is 0 Å². The molecule has 142 valence electrons.